The summed E-state index contributed by atoms with van der Waals surface area (Å²) in [6, 6.07) is 3.91. The molecule has 0 aromatic carbocycles. The number of hydrogen-bond donors (Lipinski definition) is 1. The normalized spacial score (nSPS) is 12.8. The third-order valence-electron chi connectivity index (χ3n) is 2.09. The van der Waals surface area contributed by atoms with Crippen LogP contribution in [0.15, 0.2) is 22.8 Å². The summed E-state index contributed by atoms with van der Waals surface area (Å²) in [5.41, 5.74) is 0. The molecule has 1 atom stereocenters. The number of rotatable bonds is 5. The highest BCUT2D eigenvalue weighted by molar-refractivity contribution is 5.76. The van der Waals surface area contributed by atoms with Crippen LogP contribution < -0.4 is 5.32 Å². The molecule has 0 fully saturated rings. The SMILES string of the molecule is CC(C)CC(=O)NC(C)Cc1ccco1. The lowest BCUT2D eigenvalue weighted by Gasteiger charge is -2.13. The van der Waals surface area contributed by atoms with Crippen molar-refractivity contribution in [2.75, 3.05) is 0 Å². The van der Waals surface area contributed by atoms with Crippen LogP contribution in [0, 0.1) is 5.92 Å². The van der Waals surface area contributed by atoms with E-state index in [4.69, 9.17) is 4.42 Å². The Labute approximate surface area is 90.9 Å². The molecule has 1 aromatic heterocycles. The van der Waals surface area contributed by atoms with Gasteiger partial charge in [0, 0.05) is 18.9 Å². The van der Waals surface area contributed by atoms with Gasteiger partial charge in [-0.3, -0.25) is 4.79 Å². The van der Waals surface area contributed by atoms with E-state index in [0.29, 0.717) is 12.3 Å². The maximum atomic E-state index is 11.5. The largest absolute Gasteiger partial charge is 0.469 e. The number of nitrogens with one attached hydrogen (secondary N) is 1. The van der Waals surface area contributed by atoms with Gasteiger partial charge in [0.15, 0.2) is 0 Å². The fourth-order valence-electron chi connectivity index (χ4n) is 1.49. The molecule has 0 radical (unpaired) electrons. The second-order valence-electron chi connectivity index (χ2n) is 4.35. The molecule has 15 heavy (non-hydrogen) atoms. The van der Waals surface area contributed by atoms with Crippen molar-refractivity contribution in [2.24, 2.45) is 5.92 Å². The minimum absolute atomic E-state index is 0.115. The topological polar surface area (TPSA) is 42.2 Å². The molecule has 3 heteroatoms. The number of furan rings is 1. The highest BCUT2D eigenvalue weighted by Gasteiger charge is 2.10. The number of amides is 1. The lowest BCUT2D eigenvalue weighted by atomic mass is 10.1. The minimum atomic E-state index is 0.115. The molecule has 0 saturated heterocycles. The Kier molecular flexibility index (Phi) is 4.40. The van der Waals surface area contributed by atoms with Gasteiger partial charge in [0.1, 0.15) is 5.76 Å². The predicted octanol–water partition coefficient (Wildman–Crippen LogP) is 2.37. The summed E-state index contributed by atoms with van der Waals surface area (Å²) < 4.78 is 5.22. The lowest BCUT2D eigenvalue weighted by molar-refractivity contribution is -0.122. The number of hydrogen-bond acceptors (Lipinski definition) is 2. The van der Waals surface area contributed by atoms with Gasteiger partial charge < -0.3 is 9.73 Å². The third-order valence-corrected chi connectivity index (χ3v) is 2.09. The Balaban J connectivity index is 2.29. The molecule has 0 aliphatic carbocycles. The smallest absolute Gasteiger partial charge is 0.220 e. The summed E-state index contributed by atoms with van der Waals surface area (Å²) in [6.45, 7) is 6.06. The number of carbonyl (C=O) groups is 1. The molecule has 0 spiro atoms. The van der Waals surface area contributed by atoms with Crippen molar-refractivity contribution in [1.29, 1.82) is 0 Å². The van der Waals surface area contributed by atoms with Crippen molar-refractivity contribution in [3.05, 3.63) is 24.2 Å². The van der Waals surface area contributed by atoms with Crippen LogP contribution in [0.25, 0.3) is 0 Å². The first-order valence-electron chi connectivity index (χ1n) is 5.39. The summed E-state index contributed by atoms with van der Waals surface area (Å²) in [5.74, 6) is 1.43. The number of carbonyl (C=O) groups excluding carboxylic acids is 1. The Hall–Kier alpha value is -1.25. The molecule has 0 aliphatic heterocycles. The Bertz CT molecular complexity index is 291. The van der Waals surface area contributed by atoms with Crippen molar-refractivity contribution in [3.63, 3.8) is 0 Å². The monoisotopic (exact) mass is 209 g/mol. The molecule has 1 rings (SSSR count). The molecule has 1 amide bonds. The van der Waals surface area contributed by atoms with E-state index in [2.05, 4.69) is 5.32 Å². The average molecular weight is 209 g/mol. The molecule has 1 heterocycles. The van der Waals surface area contributed by atoms with E-state index in [1.54, 1.807) is 6.26 Å². The zero-order valence-corrected chi connectivity index (χ0v) is 9.62. The zero-order valence-electron chi connectivity index (χ0n) is 9.62. The fraction of sp³-hybridized carbons (Fsp3) is 0.583. The van der Waals surface area contributed by atoms with Crippen LogP contribution in [0.5, 0.6) is 0 Å². The van der Waals surface area contributed by atoms with Gasteiger partial charge in [0.25, 0.3) is 0 Å². The summed E-state index contributed by atoms with van der Waals surface area (Å²) >= 11 is 0. The van der Waals surface area contributed by atoms with Gasteiger partial charge in [-0.05, 0) is 25.0 Å². The van der Waals surface area contributed by atoms with E-state index in [1.807, 2.05) is 32.9 Å². The standard InChI is InChI=1S/C12H19NO2/c1-9(2)7-12(14)13-10(3)8-11-5-4-6-15-11/h4-6,9-10H,7-8H2,1-3H3,(H,13,14). The lowest BCUT2D eigenvalue weighted by Crippen LogP contribution is -2.34. The van der Waals surface area contributed by atoms with Gasteiger partial charge in [-0.15, -0.1) is 0 Å². The zero-order chi connectivity index (χ0) is 11.3. The minimum Gasteiger partial charge on any atom is -0.469 e. The van der Waals surface area contributed by atoms with E-state index >= 15 is 0 Å². The Morgan fingerprint density at radius 2 is 2.20 bits per heavy atom. The van der Waals surface area contributed by atoms with E-state index in [1.165, 1.54) is 0 Å². The molecule has 84 valence electrons. The molecule has 1 N–H and O–H groups in total. The first kappa shape index (κ1) is 11.8. The Morgan fingerprint density at radius 3 is 2.73 bits per heavy atom. The van der Waals surface area contributed by atoms with Crippen LogP contribution in [0.2, 0.25) is 0 Å². The van der Waals surface area contributed by atoms with Gasteiger partial charge >= 0.3 is 0 Å². The average Bonchev–Trinajstić information content (AvgIpc) is 2.53. The summed E-state index contributed by atoms with van der Waals surface area (Å²) in [4.78, 5) is 11.5. The van der Waals surface area contributed by atoms with Crippen LogP contribution in [0.4, 0.5) is 0 Å². The maximum Gasteiger partial charge on any atom is 0.220 e. The van der Waals surface area contributed by atoms with Gasteiger partial charge in [0.2, 0.25) is 5.91 Å². The molecule has 0 bridgehead atoms. The fourth-order valence-corrected chi connectivity index (χ4v) is 1.49. The van der Waals surface area contributed by atoms with Crippen LogP contribution in [-0.4, -0.2) is 11.9 Å². The molecule has 3 nitrogen and oxygen atoms in total. The third kappa shape index (κ3) is 4.68. The van der Waals surface area contributed by atoms with Crippen molar-refractivity contribution in [2.45, 2.75) is 39.7 Å². The summed E-state index contributed by atoms with van der Waals surface area (Å²) in [5, 5.41) is 2.95. The van der Waals surface area contributed by atoms with Crippen molar-refractivity contribution in [1.82, 2.24) is 5.32 Å². The van der Waals surface area contributed by atoms with Crippen LogP contribution >= 0.6 is 0 Å². The summed E-state index contributed by atoms with van der Waals surface area (Å²) in [7, 11) is 0. The highest BCUT2D eigenvalue weighted by atomic mass is 16.3. The molecule has 0 aliphatic rings. The van der Waals surface area contributed by atoms with Crippen molar-refractivity contribution >= 4 is 5.91 Å². The highest BCUT2D eigenvalue weighted by Crippen LogP contribution is 2.05. The van der Waals surface area contributed by atoms with Crippen molar-refractivity contribution in [3.8, 4) is 0 Å². The van der Waals surface area contributed by atoms with Gasteiger partial charge in [0.05, 0.1) is 6.26 Å². The summed E-state index contributed by atoms with van der Waals surface area (Å²) in [6.07, 6.45) is 2.98. The van der Waals surface area contributed by atoms with Crippen LogP contribution in [0.3, 0.4) is 0 Å². The van der Waals surface area contributed by atoms with E-state index in [9.17, 15) is 4.79 Å². The first-order valence-corrected chi connectivity index (χ1v) is 5.39. The Morgan fingerprint density at radius 1 is 1.47 bits per heavy atom. The van der Waals surface area contributed by atoms with Crippen molar-refractivity contribution < 1.29 is 9.21 Å². The van der Waals surface area contributed by atoms with Crippen LogP contribution in [0.1, 0.15) is 33.0 Å². The maximum absolute atomic E-state index is 11.5. The van der Waals surface area contributed by atoms with Gasteiger partial charge in [-0.2, -0.15) is 0 Å². The van der Waals surface area contributed by atoms with Gasteiger partial charge in [-0.1, -0.05) is 13.8 Å². The van der Waals surface area contributed by atoms with E-state index < -0.39 is 0 Å². The second kappa shape index (κ2) is 5.59. The predicted molar refractivity (Wildman–Crippen MR) is 59.5 cm³/mol. The van der Waals surface area contributed by atoms with E-state index in [-0.39, 0.29) is 11.9 Å². The van der Waals surface area contributed by atoms with E-state index in [0.717, 1.165) is 12.2 Å². The molecular weight excluding hydrogens is 190 g/mol. The molecule has 0 saturated carbocycles. The molecule has 1 aromatic rings. The first-order chi connectivity index (χ1) is 7.08. The second-order valence-corrected chi connectivity index (χ2v) is 4.35. The molecule has 1 unspecified atom stereocenters. The van der Waals surface area contributed by atoms with Gasteiger partial charge in [-0.25, -0.2) is 0 Å². The van der Waals surface area contributed by atoms with Crippen LogP contribution in [-0.2, 0) is 11.2 Å². The molecular formula is C12H19NO2. The quantitative estimate of drug-likeness (QED) is 0.809.